The van der Waals surface area contributed by atoms with Crippen molar-refractivity contribution in [3.05, 3.63) is 42.0 Å². The van der Waals surface area contributed by atoms with Gasteiger partial charge in [0.05, 0.1) is 5.92 Å². The molecule has 0 heterocycles. The quantitative estimate of drug-likeness (QED) is 0.198. The number of hydrogen-bond donors (Lipinski definition) is 4. The molecule has 0 saturated heterocycles. The Bertz CT molecular complexity index is 764. The maximum Gasteiger partial charge on any atom is 0.248 e. The lowest BCUT2D eigenvalue weighted by Crippen LogP contribution is -2.59. The number of hydroxylamine groups is 1. The second-order valence-electron chi connectivity index (χ2n) is 8.73. The van der Waals surface area contributed by atoms with Gasteiger partial charge in [0, 0.05) is 13.7 Å². The van der Waals surface area contributed by atoms with Crippen LogP contribution in [0.4, 0.5) is 0 Å². The van der Waals surface area contributed by atoms with Crippen molar-refractivity contribution in [2.75, 3.05) is 20.3 Å². The molecule has 32 heavy (non-hydrogen) atoms. The largest absolute Gasteiger partial charge is 0.377 e. The first-order valence-electron chi connectivity index (χ1n) is 10.9. The van der Waals surface area contributed by atoms with E-state index in [0.29, 0.717) is 6.54 Å². The summed E-state index contributed by atoms with van der Waals surface area (Å²) in [6.07, 6.45) is 3.73. The lowest BCUT2D eigenvalue weighted by Gasteiger charge is -2.38. The maximum absolute atomic E-state index is 13.5. The van der Waals surface area contributed by atoms with E-state index in [1.54, 1.807) is 11.6 Å². The van der Waals surface area contributed by atoms with Crippen molar-refractivity contribution in [1.82, 2.24) is 16.3 Å². The molecular weight excluding hydrogens is 410 g/mol. The highest BCUT2D eigenvalue weighted by Gasteiger charge is 2.54. The number of hydrogen-bond acceptors (Lipinski definition) is 6. The Labute approximate surface area is 190 Å². The van der Waals surface area contributed by atoms with Crippen LogP contribution in [0.15, 0.2) is 36.4 Å². The minimum absolute atomic E-state index is 0.0705. The van der Waals surface area contributed by atoms with Crippen molar-refractivity contribution in [2.24, 2.45) is 23.2 Å². The van der Waals surface area contributed by atoms with Crippen LogP contribution in [0.5, 0.6) is 0 Å². The minimum atomic E-state index is -1.73. The van der Waals surface area contributed by atoms with E-state index >= 15 is 0 Å². The number of ketones is 1. The van der Waals surface area contributed by atoms with E-state index in [-0.39, 0.29) is 31.3 Å². The molecule has 0 spiro atoms. The number of methoxy groups -OCH3 is 1. The number of amides is 2. The van der Waals surface area contributed by atoms with Crippen LogP contribution in [0.2, 0.25) is 0 Å². The van der Waals surface area contributed by atoms with E-state index in [2.05, 4.69) is 10.9 Å². The normalized spacial score (nSPS) is 14.4. The fourth-order valence-electron chi connectivity index (χ4n) is 3.69. The zero-order valence-corrected chi connectivity index (χ0v) is 19.7. The SMILES string of the molecule is COCC(=O)[C@](CC(C)C)(C(=O)NNCC(C)C)[C@H](C/C=C/c1ccccc1)C(=O)NO. The van der Waals surface area contributed by atoms with E-state index < -0.39 is 28.9 Å². The van der Waals surface area contributed by atoms with E-state index in [0.717, 1.165) is 5.56 Å². The molecule has 2 atom stereocenters. The van der Waals surface area contributed by atoms with E-state index in [9.17, 15) is 19.6 Å². The second-order valence-corrected chi connectivity index (χ2v) is 8.73. The molecular formula is C24H37N3O5. The van der Waals surface area contributed by atoms with Crippen LogP contribution in [0.1, 0.15) is 46.1 Å². The number of Topliss-reactive ketones (excluding diaryl/α,β-unsaturated/α-hetero) is 1. The van der Waals surface area contributed by atoms with Gasteiger partial charge in [-0.25, -0.2) is 10.9 Å². The number of benzene rings is 1. The molecule has 0 aliphatic rings. The van der Waals surface area contributed by atoms with Crippen molar-refractivity contribution in [3.8, 4) is 0 Å². The van der Waals surface area contributed by atoms with Crippen molar-refractivity contribution < 1.29 is 24.3 Å². The van der Waals surface area contributed by atoms with Gasteiger partial charge < -0.3 is 4.74 Å². The average molecular weight is 448 g/mol. The molecule has 1 aromatic rings. The first-order valence-corrected chi connectivity index (χ1v) is 10.9. The fraction of sp³-hybridized carbons (Fsp3) is 0.542. The van der Waals surface area contributed by atoms with Gasteiger partial charge in [-0.1, -0.05) is 70.2 Å². The molecule has 0 saturated carbocycles. The molecule has 178 valence electrons. The molecule has 0 aliphatic heterocycles. The lowest BCUT2D eigenvalue weighted by molar-refractivity contribution is -0.158. The number of carbonyl (C=O) groups excluding carboxylic acids is 3. The van der Waals surface area contributed by atoms with Gasteiger partial charge in [0.2, 0.25) is 11.8 Å². The smallest absolute Gasteiger partial charge is 0.248 e. The summed E-state index contributed by atoms with van der Waals surface area (Å²) in [5.74, 6) is -2.89. The average Bonchev–Trinajstić information content (AvgIpc) is 2.75. The van der Waals surface area contributed by atoms with Crippen LogP contribution in [-0.2, 0) is 19.1 Å². The summed E-state index contributed by atoms with van der Waals surface area (Å²) in [5, 5.41) is 9.45. The highest BCUT2D eigenvalue weighted by Crippen LogP contribution is 2.39. The Morgan fingerprint density at radius 3 is 2.28 bits per heavy atom. The number of rotatable bonds is 14. The van der Waals surface area contributed by atoms with Crippen molar-refractivity contribution >= 4 is 23.7 Å². The molecule has 0 aromatic heterocycles. The lowest BCUT2D eigenvalue weighted by atomic mass is 9.65. The third kappa shape index (κ3) is 7.85. The van der Waals surface area contributed by atoms with Crippen LogP contribution in [-0.4, -0.2) is 43.1 Å². The highest BCUT2D eigenvalue weighted by atomic mass is 16.5. The van der Waals surface area contributed by atoms with Gasteiger partial charge in [0.1, 0.15) is 12.0 Å². The van der Waals surface area contributed by atoms with Crippen molar-refractivity contribution in [1.29, 1.82) is 0 Å². The monoisotopic (exact) mass is 447 g/mol. The Morgan fingerprint density at radius 2 is 1.75 bits per heavy atom. The number of nitrogens with one attached hydrogen (secondary N) is 3. The van der Waals surface area contributed by atoms with E-state index in [1.807, 2.05) is 64.1 Å². The zero-order valence-electron chi connectivity index (χ0n) is 19.7. The van der Waals surface area contributed by atoms with Crippen LogP contribution < -0.4 is 16.3 Å². The molecule has 2 amide bonds. The Kier molecular flexibility index (Phi) is 11.8. The van der Waals surface area contributed by atoms with Gasteiger partial charge in [-0.05, 0) is 30.2 Å². The molecule has 1 aromatic carbocycles. The summed E-state index contributed by atoms with van der Waals surface area (Å²) in [4.78, 5) is 39.6. The van der Waals surface area contributed by atoms with Gasteiger partial charge in [-0.15, -0.1) is 0 Å². The summed E-state index contributed by atoms with van der Waals surface area (Å²) in [6, 6.07) is 9.47. The van der Waals surface area contributed by atoms with Crippen LogP contribution in [0.3, 0.4) is 0 Å². The summed E-state index contributed by atoms with van der Waals surface area (Å²) >= 11 is 0. The molecule has 0 fully saturated rings. The molecule has 0 bridgehead atoms. The minimum Gasteiger partial charge on any atom is -0.377 e. The molecule has 8 nitrogen and oxygen atoms in total. The summed E-state index contributed by atoms with van der Waals surface area (Å²) < 4.78 is 5.06. The maximum atomic E-state index is 13.5. The number of hydrazine groups is 1. The first kappa shape index (κ1) is 27.5. The number of carbonyl (C=O) groups is 3. The Morgan fingerprint density at radius 1 is 1.09 bits per heavy atom. The summed E-state index contributed by atoms with van der Waals surface area (Å²) in [7, 11) is 1.36. The standard InChI is InChI=1S/C24H37N3O5/c1-17(2)14-24(21(28)16-32-5,23(30)26-25-15-18(3)4)20(22(29)27-31)13-9-12-19-10-7-6-8-11-19/h6-12,17-18,20,25,31H,13-16H2,1-5H3,(H,26,30)(H,27,29)/b12-9+/t20-,24-/m1/s1. The molecule has 0 aliphatic carbocycles. The second kappa shape index (κ2) is 13.8. The Hall–Kier alpha value is -2.55. The van der Waals surface area contributed by atoms with E-state index in [4.69, 9.17) is 4.74 Å². The van der Waals surface area contributed by atoms with Gasteiger partial charge in [-0.3, -0.25) is 25.0 Å². The molecule has 4 N–H and O–H groups in total. The van der Waals surface area contributed by atoms with Crippen molar-refractivity contribution in [3.63, 3.8) is 0 Å². The van der Waals surface area contributed by atoms with Gasteiger partial charge >= 0.3 is 0 Å². The topological polar surface area (TPSA) is 117 Å². The summed E-state index contributed by atoms with van der Waals surface area (Å²) in [5.41, 5.74) is 6.30. The number of ether oxygens (including phenoxy) is 1. The molecule has 0 unspecified atom stereocenters. The molecule has 8 heteroatoms. The zero-order chi connectivity index (χ0) is 24.1. The molecule has 0 radical (unpaired) electrons. The summed E-state index contributed by atoms with van der Waals surface area (Å²) in [6.45, 7) is 7.86. The molecule has 1 rings (SSSR count). The Balaban J connectivity index is 3.41. The van der Waals surface area contributed by atoms with Crippen LogP contribution in [0, 0.1) is 23.2 Å². The van der Waals surface area contributed by atoms with Crippen molar-refractivity contribution in [2.45, 2.75) is 40.5 Å². The van der Waals surface area contributed by atoms with Gasteiger partial charge in [0.25, 0.3) is 0 Å². The third-order valence-electron chi connectivity index (χ3n) is 5.12. The van der Waals surface area contributed by atoms with Gasteiger partial charge in [-0.2, -0.15) is 0 Å². The predicted octanol–water partition coefficient (Wildman–Crippen LogP) is 2.74. The van der Waals surface area contributed by atoms with Crippen LogP contribution >= 0.6 is 0 Å². The van der Waals surface area contributed by atoms with Crippen LogP contribution in [0.25, 0.3) is 6.08 Å². The van der Waals surface area contributed by atoms with E-state index in [1.165, 1.54) is 7.11 Å². The third-order valence-corrected chi connectivity index (χ3v) is 5.12. The predicted molar refractivity (Wildman–Crippen MR) is 123 cm³/mol. The number of allylic oxidation sites excluding steroid dienone is 1. The first-order chi connectivity index (χ1) is 15.2. The fourth-order valence-corrected chi connectivity index (χ4v) is 3.69. The highest BCUT2D eigenvalue weighted by molar-refractivity contribution is 6.10. The van der Waals surface area contributed by atoms with Gasteiger partial charge in [0.15, 0.2) is 5.78 Å².